The van der Waals surface area contributed by atoms with Crippen LogP contribution in [-0.4, -0.2) is 28.9 Å². The smallest absolute Gasteiger partial charge is 0.255 e. The number of hydrogen-bond acceptors (Lipinski definition) is 2. The highest BCUT2D eigenvalue weighted by atomic mass is 19.1. The third-order valence-corrected chi connectivity index (χ3v) is 4.01. The number of carbonyl (C=O) groups excluding carboxylic acids is 1. The van der Waals surface area contributed by atoms with Crippen molar-refractivity contribution in [3.63, 3.8) is 0 Å². The first kappa shape index (κ1) is 14.6. The summed E-state index contributed by atoms with van der Waals surface area (Å²) >= 11 is 0. The number of carbonyl (C=O) groups is 1. The lowest BCUT2D eigenvalue weighted by molar-refractivity contribution is 0.0705. The number of halogens is 2. The topological polar surface area (TPSA) is 33.2 Å². The summed E-state index contributed by atoms with van der Waals surface area (Å²) in [6, 6.07) is 6.91. The zero-order chi connectivity index (χ0) is 15.5. The zero-order valence-electron chi connectivity index (χ0n) is 12.0. The van der Waals surface area contributed by atoms with Gasteiger partial charge in [0, 0.05) is 31.4 Å². The van der Waals surface area contributed by atoms with Gasteiger partial charge in [0.15, 0.2) is 0 Å². The van der Waals surface area contributed by atoms with E-state index in [4.69, 9.17) is 0 Å². The van der Waals surface area contributed by atoms with Gasteiger partial charge in [-0.3, -0.25) is 9.78 Å². The van der Waals surface area contributed by atoms with Crippen molar-refractivity contribution in [2.45, 2.75) is 18.8 Å². The molecule has 0 spiro atoms. The van der Waals surface area contributed by atoms with Crippen LogP contribution >= 0.6 is 0 Å². The van der Waals surface area contributed by atoms with Crippen molar-refractivity contribution in [2.75, 3.05) is 13.1 Å². The summed E-state index contributed by atoms with van der Waals surface area (Å²) in [6.45, 7) is 1.02. The molecule has 1 aromatic heterocycles. The molecule has 3 rings (SSSR count). The number of aromatic nitrogens is 1. The van der Waals surface area contributed by atoms with Crippen molar-refractivity contribution in [1.29, 1.82) is 0 Å². The van der Waals surface area contributed by atoms with Crippen molar-refractivity contribution in [3.05, 3.63) is 65.5 Å². The maximum Gasteiger partial charge on any atom is 0.255 e. The number of nitrogens with zero attached hydrogens (tertiary/aromatic N) is 2. The Morgan fingerprint density at radius 1 is 1.27 bits per heavy atom. The molecule has 0 saturated carbocycles. The van der Waals surface area contributed by atoms with Gasteiger partial charge in [0.1, 0.15) is 11.6 Å². The molecule has 5 heteroatoms. The van der Waals surface area contributed by atoms with Crippen molar-refractivity contribution >= 4 is 5.91 Å². The Morgan fingerprint density at radius 3 is 2.91 bits per heavy atom. The zero-order valence-corrected chi connectivity index (χ0v) is 12.0. The number of likely N-dealkylation sites (tertiary alicyclic amines) is 1. The Labute approximate surface area is 127 Å². The number of amides is 1. The molecule has 0 aliphatic carbocycles. The first-order valence-electron chi connectivity index (χ1n) is 7.29. The predicted octanol–water partition coefficient (Wildman–Crippen LogP) is 3.38. The van der Waals surface area contributed by atoms with E-state index in [1.54, 1.807) is 23.2 Å². The molecule has 2 heterocycles. The molecule has 1 aromatic carbocycles. The lowest BCUT2D eigenvalue weighted by Gasteiger charge is -2.33. The Bertz CT molecular complexity index is 676. The molecule has 1 aliphatic rings. The molecular formula is C17H16F2N2O. The highest BCUT2D eigenvalue weighted by molar-refractivity contribution is 5.94. The lowest BCUT2D eigenvalue weighted by Crippen LogP contribution is -2.39. The van der Waals surface area contributed by atoms with Gasteiger partial charge in [-0.05, 0) is 48.7 Å². The van der Waals surface area contributed by atoms with Crippen LogP contribution < -0.4 is 0 Å². The van der Waals surface area contributed by atoms with Crippen LogP contribution in [0.5, 0.6) is 0 Å². The average Bonchev–Trinajstić information content (AvgIpc) is 2.57. The average molecular weight is 302 g/mol. The van der Waals surface area contributed by atoms with Gasteiger partial charge in [-0.25, -0.2) is 8.78 Å². The maximum atomic E-state index is 13.9. The van der Waals surface area contributed by atoms with E-state index in [1.807, 2.05) is 0 Å². The van der Waals surface area contributed by atoms with Gasteiger partial charge >= 0.3 is 0 Å². The minimum atomic E-state index is -0.452. The highest BCUT2D eigenvalue weighted by Crippen LogP contribution is 2.29. The van der Waals surface area contributed by atoms with Crippen LogP contribution in [0, 0.1) is 11.6 Å². The Kier molecular flexibility index (Phi) is 4.13. The molecule has 0 bridgehead atoms. The largest absolute Gasteiger partial charge is 0.338 e. The molecule has 1 atom stereocenters. The predicted molar refractivity (Wildman–Crippen MR) is 78.5 cm³/mol. The third-order valence-electron chi connectivity index (χ3n) is 4.01. The van der Waals surface area contributed by atoms with E-state index in [0.29, 0.717) is 24.2 Å². The van der Waals surface area contributed by atoms with E-state index in [2.05, 4.69) is 4.98 Å². The minimum Gasteiger partial charge on any atom is -0.338 e. The summed E-state index contributed by atoms with van der Waals surface area (Å²) < 4.78 is 27.3. The Hall–Kier alpha value is -2.30. The molecule has 1 saturated heterocycles. The first-order chi connectivity index (χ1) is 10.6. The fourth-order valence-corrected chi connectivity index (χ4v) is 2.91. The van der Waals surface area contributed by atoms with Gasteiger partial charge in [-0.2, -0.15) is 0 Å². The molecule has 3 nitrogen and oxygen atoms in total. The molecule has 1 fully saturated rings. The molecular weight excluding hydrogens is 286 g/mol. The van der Waals surface area contributed by atoms with Crippen molar-refractivity contribution in [2.24, 2.45) is 0 Å². The van der Waals surface area contributed by atoms with Gasteiger partial charge in [0.2, 0.25) is 0 Å². The monoisotopic (exact) mass is 302 g/mol. The number of benzene rings is 1. The van der Waals surface area contributed by atoms with E-state index >= 15 is 0 Å². The highest BCUT2D eigenvalue weighted by Gasteiger charge is 2.27. The molecule has 1 amide bonds. The minimum absolute atomic E-state index is 0.116. The standard InChI is InChI=1S/C17H16F2N2O/c18-14-5-6-16(19)15(9-14)13-4-2-8-21(11-13)17(22)12-3-1-7-20-10-12/h1,3,5-7,9-10,13H,2,4,8,11H2/t13-/m1/s1. The Balaban J connectivity index is 1.80. The van der Waals surface area contributed by atoms with E-state index in [0.717, 1.165) is 25.0 Å². The summed E-state index contributed by atoms with van der Waals surface area (Å²) in [5.41, 5.74) is 0.867. The molecule has 2 aromatic rings. The van der Waals surface area contributed by atoms with Crippen LogP contribution in [0.15, 0.2) is 42.7 Å². The summed E-state index contributed by atoms with van der Waals surface area (Å²) in [4.78, 5) is 18.1. The van der Waals surface area contributed by atoms with Gasteiger partial charge in [-0.15, -0.1) is 0 Å². The molecule has 0 N–H and O–H groups in total. The van der Waals surface area contributed by atoms with Crippen LogP contribution in [0.2, 0.25) is 0 Å². The van der Waals surface area contributed by atoms with Crippen LogP contribution in [0.3, 0.4) is 0 Å². The molecule has 1 aliphatic heterocycles. The number of piperidine rings is 1. The second kappa shape index (κ2) is 6.22. The van der Waals surface area contributed by atoms with Crippen LogP contribution in [-0.2, 0) is 0 Å². The number of pyridine rings is 1. The second-order valence-electron chi connectivity index (χ2n) is 5.50. The summed E-state index contributed by atoms with van der Waals surface area (Å²) in [6.07, 6.45) is 4.65. The van der Waals surface area contributed by atoms with Gasteiger partial charge < -0.3 is 4.90 Å². The number of hydrogen-bond donors (Lipinski definition) is 0. The van der Waals surface area contributed by atoms with E-state index in [9.17, 15) is 13.6 Å². The SMILES string of the molecule is O=C(c1cccnc1)N1CCC[C@@H](c2cc(F)ccc2F)C1. The van der Waals surface area contributed by atoms with Crippen LogP contribution in [0.25, 0.3) is 0 Å². The third kappa shape index (κ3) is 2.98. The summed E-state index contributed by atoms with van der Waals surface area (Å²) in [7, 11) is 0. The van der Waals surface area contributed by atoms with Crippen molar-refractivity contribution < 1.29 is 13.6 Å². The van der Waals surface area contributed by atoms with Gasteiger partial charge in [0.25, 0.3) is 5.91 Å². The first-order valence-corrected chi connectivity index (χ1v) is 7.29. The Morgan fingerprint density at radius 2 is 2.14 bits per heavy atom. The van der Waals surface area contributed by atoms with Gasteiger partial charge in [0.05, 0.1) is 5.56 Å². The van der Waals surface area contributed by atoms with E-state index in [1.165, 1.54) is 12.3 Å². The molecule has 22 heavy (non-hydrogen) atoms. The van der Waals surface area contributed by atoms with Crippen molar-refractivity contribution in [1.82, 2.24) is 9.88 Å². The summed E-state index contributed by atoms with van der Waals surface area (Å²) in [5, 5.41) is 0. The van der Waals surface area contributed by atoms with E-state index in [-0.39, 0.29) is 11.8 Å². The van der Waals surface area contributed by atoms with Gasteiger partial charge in [-0.1, -0.05) is 0 Å². The fourth-order valence-electron chi connectivity index (χ4n) is 2.91. The molecule has 114 valence electrons. The van der Waals surface area contributed by atoms with Crippen LogP contribution in [0.4, 0.5) is 8.78 Å². The molecule has 0 radical (unpaired) electrons. The van der Waals surface area contributed by atoms with Crippen LogP contribution in [0.1, 0.15) is 34.7 Å². The van der Waals surface area contributed by atoms with E-state index < -0.39 is 11.6 Å². The quantitative estimate of drug-likeness (QED) is 0.852. The fraction of sp³-hybridized carbons (Fsp3) is 0.294. The van der Waals surface area contributed by atoms with Crippen molar-refractivity contribution in [3.8, 4) is 0 Å². The second-order valence-corrected chi connectivity index (χ2v) is 5.50. The lowest BCUT2D eigenvalue weighted by atomic mass is 9.90. The molecule has 0 unspecified atom stereocenters. The summed E-state index contributed by atoms with van der Waals surface area (Å²) in [5.74, 6) is -1.16. The normalized spacial score (nSPS) is 18.3. The maximum absolute atomic E-state index is 13.9. The number of rotatable bonds is 2.